The Morgan fingerprint density at radius 3 is 2.74 bits per heavy atom. The van der Waals surface area contributed by atoms with E-state index in [0.29, 0.717) is 0 Å². The van der Waals surface area contributed by atoms with Crippen LogP contribution in [0.3, 0.4) is 0 Å². The van der Waals surface area contributed by atoms with Crippen LogP contribution >= 0.6 is 0 Å². The molecule has 2 nitrogen and oxygen atoms in total. The maximum Gasteiger partial charge on any atom is 0.235 e. The molecule has 1 aliphatic carbocycles. The van der Waals surface area contributed by atoms with Crippen molar-refractivity contribution in [1.82, 2.24) is 0 Å². The van der Waals surface area contributed by atoms with E-state index in [1.54, 1.807) is 0 Å². The summed E-state index contributed by atoms with van der Waals surface area (Å²) in [4.78, 5) is 12.5. The standard InChI is InChI=1S/C16H14BNO/c17-12-6-5-10-8-16(9-11(10)7-12)13-3-1-2-4-14(13)18-15(16)19/h1-7H,8-9,17H2,(H,18,19). The van der Waals surface area contributed by atoms with Gasteiger partial charge in [0.2, 0.25) is 5.91 Å². The largest absolute Gasteiger partial charge is 0.325 e. The third kappa shape index (κ3) is 1.36. The summed E-state index contributed by atoms with van der Waals surface area (Å²) in [6.07, 6.45) is 1.65. The van der Waals surface area contributed by atoms with E-state index in [1.807, 2.05) is 18.2 Å². The van der Waals surface area contributed by atoms with Gasteiger partial charge in [-0.15, -0.1) is 0 Å². The van der Waals surface area contributed by atoms with Crippen LogP contribution in [0, 0.1) is 0 Å². The van der Waals surface area contributed by atoms with Crippen LogP contribution in [0.25, 0.3) is 0 Å². The highest BCUT2D eigenvalue weighted by Gasteiger charge is 2.50. The Morgan fingerprint density at radius 1 is 1.05 bits per heavy atom. The maximum absolute atomic E-state index is 12.5. The Kier molecular flexibility index (Phi) is 2.00. The average Bonchev–Trinajstić information content (AvgIpc) is 2.90. The summed E-state index contributed by atoms with van der Waals surface area (Å²) in [6.45, 7) is 0. The molecule has 0 radical (unpaired) electrons. The lowest BCUT2D eigenvalue weighted by atomic mass is 9.79. The normalized spacial score (nSPS) is 23.3. The zero-order valence-corrected chi connectivity index (χ0v) is 10.9. The maximum atomic E-state index is 12.5. The van der Waals surface area contributed by atoms with E-state index in [1.165, 1.54) is 16.6 Å². The number of carbonyl (C=O) groups is 1. The van der Waals surface area contributed by atoms with Crippen LogP contribution < -0.4 is 10.8 Å². The molecule has 0 fully saturated rings. The van der Waals surface area contributed by atoms with Gasteiger partial charge < -0.3 is 5.32 Å². The molecule has 2 aromatic carbocycles. The van der Waals surface area contributed by atoms with Crippen molar-refractivity contribution in [2.45, 2.75) is 18.3 Å². The summed E-state index contributed by atoms with van der Waals surface area (Å²) in [5.41, 5.74) is 5.69. The number of benzene rings is 2. The molecule has 2 aromatic rings. The lowest BCUT2D eigenvalue weighted by Gasteiger charge is -2.20. The van der Waals surface area contributed by atoms with Gasteiger partial charge in [-0.3, -0.25) is 4.79 Å². The van der Waals surface area contributed by atoms with Gasteiger partial charge in [-0.1, -0.05) is 41.9 Å². The predicted molar refractivity (Wildman–Crippen MR) is 78.8 cm³/mol. The van der Waals surface area contributed by atoms with Crippen LogP contribution in [0.5, 0.6) is 0 Å². The number of anilines is 1. The van der Waals surface area contributed by atoms with E-state index in [0.717, 1.165) is 24.1 Å². The summed E-state index contributed by atoms with van der Waals surface area (Å²) < 4.78 is 0. The van der Waals surface area contributed by atoms with E-state index in [9.17, 15) is 4.79 Å². The second kappa shape index (κ2) is 3.50. The SMILES string of the molecule is Bc1ccc2c(c1)CC1(C2)C(=O)Nc2ccccc21. The van der Waals surface area contributed by atoms with Crippen molar-refractivity contribution in [1.29, 1.82) is 0 Å². The molecular formula is C16H14BNO. The fourth-order valence-electron chi connectivity index (χ4n) is 3.53. The smallest absolute Gasteiger partial charge is 0.235 e. The lowest BCUT2D eigenvalue weighted by molar-refractivity contribution is -0.120. The average molecular weight is 247 g/mol. The van der Waals surface area contributed by atoms with Gasteiger partial charge in [0.15, 0.2) is 0 Å². The molecule has 1 atom stereocenters. The first-order valence-electron chi connectivity index (χ1n) is 6.68. The minimum Gasteiger partial charge on any atom is -0.325 e. The summed E-state index contributed by atoms with van der Waals surface area (Å²) in [5.74, 6) is 0.155. The van der Waals surface area contributed by atoms with Gasteiger partial charge in [0.05, 0.1) is 5.41 Å². The van der Waals surface area contributed by atoms with Crippen LogP contribution in [-0.4, -0.2) is 13.8 Å². The van der Waals surface area contributed by atoms with Crippen molar-refractivity contribution in [2.24, 2.45) is 0 Å². The zero-order chi connectivity index (χ0) is 13.0. The molecule has 0 saturated carbocycles. The highest BCUT2D eigenvalue weighted by atomic mass is 16.2. The van der Waals surface area contributed by atoms with Crippen LogP contribution in [0.1, 0.15) is 16.7 Å². The highest BCUT2D eigenvalue weighted by Crippen LogP contribution is 2.46. The molecule has 2 aliphatic rings. The molecule has 0 aromatic heterocycles. The first kappa shape index (κ1) is 10.9. The van der Waals surface area contributed by atoms with Crippen LogP contribution in [0.2, 0.25) is 0 Å². The summed E-state index contributed by atoms with van der Waals surface area (Å²) in [7, 11) is 2.11. The van der Waals surface area contributed by atoms with Gasteiger partial charge in [-0.05, 0) is 35.6 Å². The van der Waals surface area contributed by atoms with Gasteiger partial charge in [-0.25, -0.2) is 0 Å². The Bertz CT molecular complexity index is 710. The van der Waals surface area contributed by atoms with E-state index >= 15 is 0 Å². The number of fused-ring (bicyclic) bond motifs is 3. The number of para-hydroxylation sites is 1. The van der Waals surface area contributed by atoms with E-state index in [-0.39, 0.29) is 11.3 Å². The monoisotopic (exact) mass is 247 g/mol. The molecule has 3 heteroatoms. The van der Waals surface area contributed by atoms with Crippen molar-refractivity contribution >= 4 is 24.9 Å². The minimum atomic E-state index is -0.368. The molecule has 19 heavy (non-hydrogen) atoms. The molecule has 0 saturated heterocycles. The van der Waals surface area contributed by atoms with Crippen LogP contribution in [0.15, 0.2) is 42.5 Å². The third-order valence-corrected chi connectivity index (χ3v) is 4.47. The van der Waals surface area contributed by atoms with Crippen molar-refractivity contribution in [3.05, 3.63) is 59.2 Å². The summed E-state index contributed by atoms with van der Waals surface area (Å²) in [6, 6.07) is 14.6. The highest BCUT2D eigenvalue weighted by molar-refractivity contribution is 6.32. The number of hydrogen-bond donors (Lipinski definition) is 1. The predicted octanol–water partition coefficient (Wildman–Crippen LogP) is 0.934. The summed E-state index contributed by atoms with van der Waals surface area (Å²) in [5, 5.41) is 3.04. The van der Waals surface area contributed by atoms with Gasteiger partial charge in [0.25, 0.3) is 0 Å². The molecule has 1 spiro atoms. The topological polar surface area (TPSA) is 29.1 Å². The molecule has 1 amide bonds. The third-order valence-electron chi connectivity index (χ3n) is 4.47. The van der Waals surface area contributed by atoms with E-state index in [2.05, 4.69) is 37.4 Å². The van der Waals surface area contributed by atoms with Crippen LogP contribution in [0.4, 0.5) is 5.69 Å². The van der Waals surface area contributed by atoms with Gasteiger partial charge in [0.1, 0.15) is 7.85 Å². The first-order chi connectivity index (χ1) is 9.19. The Hall–Kier alpha value is -2.03. The first-order valence-corrected chi connectivity index (χ1v) is 6.68. The second-order valence-electron chi connectivity index (χ2n) is 5.71. The van der Waals surface area contributed by atoms with Crippen molar-refractivity contribution in [3.8, 4) is 0 Å². The molecule has 1 unspecified atom stereocenters. The zero-order valence-electron chi connectivity index (χ0n) is 10.9. The number of carbonyl (C=O) groups excluding carboxylic acids is 1. The molecular weight excluding hydrogens is 233 g/mol. The van der Waals surface area contributed by atoms with Crippen LogP contribution in [-0.2, 0) is 23.1 Å². The van der Waals surface area contributed by atoms with Crippen molar-refractivity contribution in [3.63, 3.8) is 0 Å². The molecule has 1 heterocycles. The fraction of sp³-hybridized carbons (Fsp3) is 0.188. The van der Waals surface area contributed by atoms with Crippen molar-refractivity contribution < 1.29 is 4.79 Å². The van der Waals surface area contributed by atoms with E-state index in [4.69, 9.17) is 0 Å². The van der Waals surface area contributed by atoms with Gasteiger partial charge in [0, 0.05) is 5.69 Å². The minimum absolute atomic E-state index is 0.155. The molecule has 1 aliphatic heterocycles. The number of hydrogen-bond acceptors (Lipinski definition) is 1. The molecule has 4 rings (SSSR count). The molecule has 0 bridgehead atoms. The Balaban J connectivity index is 1.88. The molecule has 92 valence electrons. The number of amides is 1. The van der Waals surface area contributed by atoms with E-state index < -0.39 is 0 Å². The quantitative estimate of drug-likeness (QED) is 0.689. The Morgan fingerprint density at radius 2 is 1.84 bits per heavy atom. The molecule has 1 N–H and O–H groups in total. The fourth-order valence-corrected chi connectivity index (χ4v) is 3.53. The van der Waals surface area contributed by atoms with Gasteiger partial charge in [-0.2, -0.15) is 0 Å². The number of nitrogens with one attached hydrogen (secondary N) is 1. The summed E-state index contributed by atoms with van der Waals surface area (Å²) >= 11 is 0. The van der Waals surface area contributed by atoms with Gasteiger partial charge >= 0.3 is 0 Å². The van der Waals surface area contributed by atoms with Crippen molar-refractivity contribution in [2.75, 3.05) is 5.32 Å². The second-order valence-corrected chi connectivity index (χ2v) is 5.71. The lowest BCUT2D eigenvalue weighted by Crippen LogP contribution is -2.35. The Labute approximate surface area is 113 Å². The number of rotatable bonds is 0.